The number of benzene rings is 2. The highest BCUT2D eigenvalue weighted by atomic mass is 16.5. The summed E-state index contributed by atoms with van der Waals surface area (Å²) in [6.07, 6.45) is 35.0. The molecule has 6 unspecified atom stereocenters. The lowest BCUT2D eigenvalue weighted by molar-refractivity contribution is 0.158. The van der Waals surface area contributed by atoms with Gasteiger partial charge < -0.3 is 14.5 Å². The maximum absolute atomic E-state index is 6.71. The molecule has 3 heteroatoms. The molecule has 2 aromatic carbocycles. The fourth-order valence-corrected chi connectivity index (χ4v) is 10.5. The van der Waals surface area contributed by atoms with Gasteiger partial charge in [0, 0.05) is 58.6 Å². The lowest BCUT2D eigenvalue weighted by Gasteiger charge is -2.47. The van der Waals surface area contributed by atoms with Crippen LogP contribution in [0.5, 0.6) is 0 Å². The minimum Gasteiger partial charge on any atom is -0.489 e. The Morgan fingerprint density at radius 1 is 0.833 bits per heavy atom. The van der Waals surface area contributed by atoms with Crippen LogP contribution in [0.3, 0.4) is 0 Å². The van der Waals surface area contributed by atoms with Crippen molar-refractivity contribution in [3.05, 3.63) is 167 Å². The number of hydrogen-bond acceptors (Lipinski definition) is 3. The van der Waals surface area contributed by atoms with Gasteiger partial charge in [0.05, 0.1) is 6.04 Å². The first-order valence-electron chi connectivity index (χ1n) is 18.3. The molecule has 3 nitrogen and oxygen atoms in total. The molecule has 240 valence electrons. The maximum Gasteiger partial charge on any atom is 0.127 e. The average molecular weight is 629 g/mol. The van der Waals surface area contributed by atoms with Crippen LogP contribution in [0.1, 0.15) is 75.0 Å². The van der Waals surface area contributed by atoms with Crippen molar-refractivity contribution in [2.45, 2.75) is 81.9 Å². The van der Waals surface area contributed by atoms with Gasteiger partial charge in [0.2, 0.25) is 0 Å². The summed E-state index contributed by atoms with van der Waals surface area (Å²) in [7, 11) is 0. The zero-order valence-electron chi connectivity index (χ0n) is 28.1. The van der Waals surface area contributed by atoms with Gasteiger partial charge in [-0.15, -0.1) is 0 Å². The van der Waals surface area contributed by atoms with Crippen LogP contribution in [0.25, 0.3) is 5.57 Å². The van der Waals surface area contributed by atoms with Crippen molar-refractivity contribution in [1.29, 1.82) is 0 Å². The molecule has 0 radical (unpaired) electrons. The van der Waals surface area contributed by atoms with Crippen LogP contribution in [-0.2, 0) is 10.2 Å². The molecule has 2 aliphatic heterocycles. The molecular weight excluding hydrogens is 585 g/mol. The molecule has 0 amide bonds. The first-order valence-corrected chi connectivity index (χ1v) is 18.3. The smallest absolute Gasteiger partial charge is 0.127 e. The summed E-state index contributed by atoms with van der Waals surface area (Å²) >= 11 is 0. The summed E-state index contributed by atoms with van der Waals surface area (Å²) in [5, 5.41) is 0. The summed E-state index contributed by atoms with van der Waals surface area (Å²) < 4.78 is 6.71. The second-order valence-electron chi connectivity index (χ2n) is 15.3. The first-order chi connectivity index (χ1) is 23.6. The van der Waals surface area contributed by atoms with Crippen molar-refractivity contribution < 1.29 is 4.74 Å². The van der Waals surface area contributed by atoms with Crippen LogP contribution in [0.4, 0.5) is 5.69 Å². The fourth-order valence-electron chi connectivity index (χ4n) is 10.5. The quantitative estimate of drug-likeness (QED) is 0.335. The molecule has 0 saturated carbocycles. The molecule has 48 heavy (non-hydrogen) atoms. The molecule has 6 atom stereocenters. The number of ether oxygens (including phenoxy) is 1. The molecule has 0 bridgehead atoms. The van der Waals surface area contributed by atoms with E-state index in [1.165, 1.54) is 56.4 Å². The van der Waals surface area contributed by atoms with E-state index in [0.717, 1.165) is 38.5 Å². The maximum atomic E-state index is 6.71. The largest absolute Gasteiger partial charge is 0.489 e. The second-order valence-corrected chi connectivity index (χ2v) is 15.3. The number of rotatable bonds is 4. The number of allylic oxidation sites excluding steroid dienone is 12. The lowest BCUT2D eigenvalue weighted by atomic mass is 9.71. The van der Waals surface area contributed by atoms with Crippen LogP contribution in [0.15, 0.2) is 150 Å². The van der Waals surface area contributed by atoms with Gasteiger partial charge in [-0.2, -0.15) is 0 Å². The molecule has 8 aliphatic rings. The third-order valence-electron chi connectivity index (χ3n) is 12.5. The molecule has 0 spiro atoms. The Labute approximate surface area is 285 Å². The number of fused-ring (bicyclic) bond motifs is 8. The first kappa shape index (κ1) is 28.5. The average Bonchev–Trinajstić information content (AvgIpc) is 3.75. The van der Waals surface area contributed by atoms with Crippen molar-refractivity contribution in [1.82, 2.24) is 4.90 Å². The van der Waals surface area contributed by atoms with Crippen LogP contribution in [-0.4, -0.2) is 23.1 Å². The third kappa shape index (κ3) is 4.06. The van der Waals surface area contributed by atoms with Crippen molar-refractivity contribution in [3.8, 4) is 0 Å². The molecule has 0 aromatic heterocycles. The van der Waals surface area contributed by atoms with Gasteiger partial charge >= 0.3 is 0 Å². The molecular formula is C45H44N2O. The lowest BCUT2D eigenvalue weighted by Crippen LogP contribution is -2.47. The predicted octanol–water partition coefficient (Wildman–Crippen LogP) is 10.2. The standard InChI is InChI=1S/C45H44N2O/c1-45(2)36-20-9-6-16-31(36)33-19-12-23-40(44(33)45)47(39-22-13-25-42-43(39)34-18-8-11-24-41(34)48-42)30-26-27-38-35(28-30)32-17-7-10-21-37(32)46(38)29-14-4-3-5-15-29/h3-4,6-12,14,16-24,28,34-35,38,40-41,44H,5,13,15,25-27H2,1-2H3. The van der Waals surface area contributed by atoms with Gasteiger partial charge in [0.25, 0.3) is 0 Å². The van der Waals surface area contributed by atoms with Gasteiger partial charge in [-0.3, -0.25) is 0 Å². The zero-order valence-corrected chi connectivity index (χ0v) is 28.1. The van der Waals surface area contributed by atoms with E-state index in [9.17, 15) is 0 Å². The molecule has 0 saturated heterocycles. The Bertz CT molecular complexity index is 1990. The normalized spacial score (nSPS) is 31.4. The summed E-state index contributed by atoms with van der Waals surface area (Å²) in [6.45, 7) is 4.96. The molecule has 0 N–H and O–H groups in total. The Morgan fingerprint density at radius 2 is 1.71 bits per heavy atom. The third-order valence-corrected chi connectivity index (χ3v) is 12.5. The van der Waals surface area contributed by atoms with Crippen molar-refractivity contribution >= 4 is 11.3 Å². The van der Waals surface area contributed by atoms with E-state index in [1.54, 1.807) is 0 Å². The van der Waals surface area contributed by atoms with Crippen molar-refractivity contribution in [2.24, 2.45) is 11.8 Å². The molecule has 6 aliphatic carbocycles. The Hall–Kier alpha value is -4.50. The number of hydrogen-bond donors (Lipinski definition) is 0. The van der Waals surface area contributed by atoms with Crippen LogP contribution in [0, 0.1) is 11.8 Å². The minimum absolute atomic E-state index is 0.000224. The number of nitrogens with zero attached hydrogens (tertiary/aromatic N) is 2. The second kappa shape index (κ2) is 10.8. The minimum atomic E-state index is 0.000224. The topological polar surface area (TPSA) is 15.7 Å². The zero-order chi connectivity index (χ0) is 32.0. The van der Waals surface area contributed by atoms with Crippen molar-refractivity contribution in [2.75, 3.05) is 4.90 Å². The molecule has 2 aromatic rings. The predicted molar refractivity (Wildman–Crippen MR) is 196 cm³/mol. The fraction of sp³-hybridized carbons (Fsp3) is 0.333. The summed E-state index contributed by atoms with van der Waals surface area (Å²) in [5.41, 5.74) is 13.0. The van der Waals surface area contributed by atoms with E-state index in [0.29, 0.717) is 17.9 Å². The highest BCUT2D eigenvalue weighted by molar-refractivity contribution is 5.80. The van der Waals surface area contributed by atoms with E-state index in [-0.39, 0.29) is 23.5 Å². The number of para-hydroxylation sites is 1. The molecule has 0 fully saturated rings. The van der Waals surface area contributed by atoms with E-state index < -0.39 is 0 Å². The Kier molecular flexibility index (Phi) is 6.39. The summed E-state index contributed by atoms with van der Waals surface area (Å²) in [6, 6.07) is 19.0. The van der Waals surface area contributed by atoms with Crippen LogP contribution < -0.4 is 4.90 Å². The van der Waals surface area contributed by atoms with E-state index in [1.807, 2.05) is 0 Å². The van der Waals surface area contributed by atoms with E-state index >= 15 is 0 Å². The van der Waals surface area contributed by atoms with Gasteiger partial charge in [-0.1, -0.05) is 117 Å². The SMILES string of the molecule is CC1(C)c2ccccc2C2=CC=CC(N(C3=CC4c5ccccc5N(C5=CC=CCC5)C4CC3)C3=CCCC4=C3C3C=CC=CC3O4)C21. The monoisotopic (exact) mass is 628 g/mol. The highest BCUT2D eigenvalue weighted by Crippen LogP contribution is 2.57. The van der Waals surface area contributed by atoms with Crippen LogP contribution in [0.2, 0.25) is 0 Å². The van der Waals surface area contributed by atoms with Crippen molar-refractivity contribution in [3.63, 3.8) is 0 Å². The van der Waals surface area contributed by atoms with E-state index in [2.05, 4.69) is 145 Å². The molecule has 2 heterocycles. The van der Waals surface area contributed by atoms with E-state index in [4.69, 9.17) is 4.74 Å². The van der Waals surface area contributed by atoms with Crippen LogP contribution >= 0.6 is 0 Å². The summed E-state index contributed by atoms with van der Waals surface area (Å²) in [4.78, 5) is 5.52. The van der Waals surface area contributed by atoms with Gasteiger partial charge in [-0.25, -0.2) is 0 Å². The highest BCUT2D eigenvalue weighted by Gasteiger charge is 2.51. The van der Waals surface area contributed by atoms with Gasteiger partial charge in [0.1, 0.15) is 11.9 Å². The van der Waals surface area contributed by atoms with Gasteiger partial charge in [-0.05, 0) is 78.0 Å². The molecule has 10 rings (SSSR count). The summed E-state index contributed by atoms with van der Waals surface area (Å²) in [5.74, 6) is 2.17. The Morgan fingerprint density at radius 3 is 2.62 bits per heavy atom. The Balaban J connectivity index is 1.12. The number of anilines is 1. The van der Waals surface area contributed by atoms with Gasteiger partial charge in [0.15, 0.2) is 0 Å².